The average Bonchev–Trinajstić information content (AvgIpc) is 2.79. The van der Waals surface area contributed by atoms with Crippen molar-refractivity contribution in [2.45, 2.75) is 25.4 Å². The Morgan fingerprint density at radius 1 is 1.03 bits per heavy atom. The molecule has 6 heteroatoms. The van der Waals surface area contributed by atoms with Gasteiger partial charge in [-0.2, -0.15) is 0 Å². The molecule has 2 rings (SSSR count). The highest BCUT2D eigenvalue weighted by Crippen LogP contribution is 2.28. The van der Waals surface area contributed by atoms with E-state index in [0.717, 1.165) is 11.1 Å². The Morgan fingerprint density at radius 3 is 2.42 bits per heavy atom. The van der Waals surface area contributed by atoms with E-state index in [1.54, 1.807) is 13.2 Å². The maximum atomic E-state index is 12.6. The number of aryl methyl sites for hydroxylation is 1. The van der Waals surface area contributed by atoms with Crippen LogP contribution >= 0.6 is 11.6 Å². The third kappa shape index (κ3) is 8.26. The molecule has 2 aromatic carbocycles. The molecule has 162 valence electrons. The molecule has 0 heterocycles. The lowest BCUT2D eigenvalue weighted by molar-refractivity contribution is -0.132. The second-order valence-corrected chi connectivity index (χ2v) is 7.12. The molecule has 0 radical (unpaired) electrons. The zero-order valence-electron chi connectivity index (χ0n) is 17.5. The van der Waals surface area contributed by atoms with Crippen LogP contribution in [-0.2, 0) is 22.4 Å². The Balaban J connectivity index is 1.89. The zero-order chi connectivity index (χ0) is 22.5. The summed E-state index contributed by atoms with van der Waals surface area (Å²) < 4.78 is 16.4. The number of carbonyl (C=O) groups is 1. The molecule has 0 saturated carbocycles. The van der Waals surface area contributed by atoms with E-state index in [4.69, 9.17) is 38.7 Å². The molecule has 0 aromatic heterocycles. The Labute approximate surface area is 189 Å². The van der Waals surface area contributed by atoms with Crippen LogP contribution in [0.4, 0.5) is 0 Å². The van der Waals surface area contributed by atoms with Gasteiger partial charge in [0.15, 0.2) is 11.5 Å². The maximum Gasteiger partial charge on any atom is 0.249 e. The average molecular weight is 440 g/mol. The largest absolute Gasteiger partial charge is 0.493 e. The fourth-order valence-corrected chi connectivity index (χ4v) is 3.06. The first-order chi connectivity index (χ1) is 15.1. The molecular weight excluding hydrogens is 414 g/mol. The predicted octanol–water partition coefficient (Wildman–Crippen LogP) is 3.67. The van der Waals surface area contributed by atoms with E-state index in [1.807, 2.05) is 36.4 Å². The van der Waals surface area contributed by atoms with Crippen LogP contribution in [0.3, 0.4) is 0 Å². The Morgan fingerprint density at radius 2 is 1.74 bits per heavy atom. The number of carbonyl (C=O) groups excluding carboxylic acids is 1. The summed E-state index contributed by atoms with van der Waals surface area (Å²) in [6, 6.07) is 13.1. The van der Waals surface area contributed by atoms with Crippen molar-refractivity contribution >= 4 is 17.5 Å². The fraction of sp³-hybridized carbons (Fsp3) is 0.320. The van der Waals surface area contributed by atoms with E-state index >= 15 is 0 Å². The van der Waals surface area contributed by atoms with Crippen LogP contribution in [0, 0.1) is 24.7 Å². The minimum Gasteiger partial charge on any atom is -0.493 e. The van der Waals surface area contributed by atoms with E-state index in [-0.39, 0.29) is 19.1 Å². The first-order valence-corrected chi connectivity index (χ1v) is 10.3. The van der Waals surface area contributed by atoms with Gasteiger partial charge in [-0.3, -0.25) is 4.79 Å². The van der Waals surface area contributed by atoms with Gasteiger partial charge in [-0.25, -0.2) is 0 Å². The van der Waals surface area contributed by atoms with Crippen LogP contribution < -0.4 is 14.8 Å². The highest BCUT2D eigenvalue weighted by atomic mass is 35.5. The van der Waals surface area contributed by atoms with Gasteiger partial charge in [-0.15, -0.1) is 12.8 Å². The number of hydrogen-bond donors (Lipinski definition) is 1. The van der Waals surface area contributed by atoms with Gasteiger partial charge in [0.2, 0.25) is 5.91 Å². The van der Waals surface area contributed by atoms with Gasteiger partial charge in [0.05, 0.1) is 7.11 Å². The van der Waals surface area contributed by atoms with E-state index in [0.29, 0.717) is 42.3 Å². The molecule has 1 N–H and O–H groups in total. The lowest BCUT2D eigenvalue weighted by Crippen LogP contribution is -2.38. The van der Waals surface area contributed by atoms with E-state index in [9.17, 15) is 4.79 Å². The molecule has 0 aliphatic heterocycles. The van der Waals surface area contributed by atoms with Crippen molar-refractivity contribution in [3.05, 3.63) is 58.6 Å². The Bertz CT molecular complexity index is 928. The number of ether oxygens (including phenoxy) is 3. The van der Waals surface area contributed by atoms with Crippen molar-refractivity contribution in [2.75, 3.05) is 26.9 Å². The lowest BCUT2D eigenvalue weighted by Gasteiger charge is -2.17. The molecule has 1 atom stereocenters. The number of nitrogens with one attached hydrogen (secondary N) is 1. The predicted molar refractivity (Wildman–Crippen MR) is 122 cm³/mol. The molecule has 5 nitrogen and oxygen atoms in total. The molecule has 31 heavy (non-hydrogen) atoms. The number of methoxy groups -OCH3 is 1. The van der Waals surface area contributed by atoms with Crippen molar-refractivity contribution in [1.82, 2.24) is 5.32 Å². The van der Waals surface area contributed by atoms with E-state index in [2.05, 4.69) is 17.2 Å². The number of amides is 1. The van der Waals surface area contributed by atoms with Gasteiger partial charge in [0, 0.05) is 11.6 Å². The second kappa shape index (κ2) is 13.2. The Kier molecular flexibility index (Phi) is 10.3. The highest BCUT2D eigenvalue weighted by molar-refractivity contribution is 6.30. The van der Waals surface area contributed by atoms with Crippen molar-refractivity contribution < 1.29 is 19.0 Å². The van der Waals surface area contributed by atoms with Gasteiger partial charge in [0.1, 0.15) is 19.3 Å². The van der Waals surface area contributed by atoms with Gasteiger partial charge in [0.25, 0.3) is 0 Å². The minimum atomic E-state index is -0.624. The van der Waals surface area contributed by atoms with Crippen molar-refractivity contribution in [3.8, 4) is 36.2 Å². The van der Waals surface area contributed by atoms with Crippen molar-refractivity contribution in [3.63, 3.8) is 0 Å². The van der Waals surface area contributed by atoms with Crippen LogP contribution in [-0.4, -0.2) is 38.9 Å². The van der Waals surface area contributed by atoms with Gasteiger partial charge in [-0.1, -0.05) is 41.6 Å². The number of terminal acetylenes is 2. The molecule has 0 saturated heterocycles. The van der Waals surface area contributed by atoms with Crippen LogP contribution in [0.1, 0.15) is 17.5 Å². The van der Waals surface area contributed by atoms with Crippen LogP contribution in [0.5, 0.6) is 11.5 Å². The smallest absolute Gasteiger partial charge is 0.249 e. The monoisotopic (exact) mass is 439 g/mol. The standard InChI is InChI=1S/C25H26ClNO4/c1-4-16-30-22-12-9-20(18-24(22)29-3)14-15-27-25(28)23(31-17-5-2)13-8-19-6-10-21(26)11-7-19/h1-2,6-7,9-12,18,23H,8,13-17H2,3H3,(H,27,28)/t23-/m0/s1. The zero-order valence-corrected chi connectivity index (χ0v) is 18.3. The summed E-state index contributed by atoms with van der Waals surface area (Å²) in [7, 11) is 1.57. The first kappa shape index (κ1) is 24.2. The summed E-state index contributed by atoms with van der Waals surface area (Å²) in [6.45, 7) is 0.694. The number of benzene rings is 2. The molecule has 0 bridgehead atoms. The van der Waals surface area contributed by atoms with Crippen LogP contribution in [0.2, 0.25) is 5.02 Å². The fourth-order valence-electron chi connectivity index (χ4n) is 2.94. The van der Waals surface area contributed by atoms with Crippen LogP contribution in [0.25, 0.3) is 0 Å². The highest BCUT2D eigenvalue weighted by Gasteiger charge is 2.18. The van der Waals surface area contributed by atoms with Crippen molar-refractivity contribution in [2.24, 2.45) is 0 Å². The van der Waals surface area contributed by atoms with Crippen LogP contribution in [0.15, 0.2) is 42.5 Å². The summed E-state index contributed by atoms with van der Waals surface area (Å²) in [5.41, 5.74) is 2.07. The minimum absolute atomic E-state index is 0.0784. The lowest BCUT2D eigenvalue weighted by atomic mass is 10.1. The Hall–Kier alpha value is -3.12. The first-order valence-electron chi connectivity index (χ1n) is 9.87. The molecular formula is C25H26ClNO4. The van der Waals surface area contributed by atoms with E-state index in [1.165, 1.54) is 0 Å². The molecule has 0 aliphatic rings. The van der Waals surface area contributed by atoms with Gasteiger partial charge in [-0.05, 0) is 54.7 Å². The molecule has 0 spiro atoms. The quantitative estimate of drug-likeness (QED) is 0.513. The summed E-state index contributed by atoms with van der Waals surface area (Å²) in [5.74, 6) is 5.82. The second-order valence-electron chi connectivity index (χ2n) is 6.69. The number of halogens is 1. The molecule has 0 unspecified atom stereocenters. The van der Waals surface area contributed by atoms with Crippen molar-refractivity contribution in [1.29, 1.82) is 0 Å². The summed E-state index contributed by atoms with van der Waals surface area (Å²) in [6.07, 6.45) is 11.7. The molecule has 0 fully saturated rings. The third-order valence-electron chi connectivity index (χ3n) is 4.52. The van der Waals surface area contributed by atoms with E-state index < -0.39 is 6.10 Å². The molecule has 0 aliphatic carbocycles. The normalized spacial score (nSPS) is 11.1. The third-order valence-corrected chi connectivity index (χ3v) is 4.77. The van der Waals surface area contributed by atoms with Gasteiger partial charge < -0.3 is 19.5 Å². The topological polar surface area (TPSA) is 56.8 Å². The molecule has 2 aromatic rings. The SMILES string of the molecule is C#CCOc1ccc(CCNC(=O)[C@H](CCc2ccc(Cl)cc2)OCC#C)cc1OC. The number of rotatable bonds is 12. The summed E-state index contributed by atoms with van der Waals surface area (Å²) in [4.78, 5) is 12.6. The number of hydrogen-bond acceptors (Lipinski definition) is 4. The van der Waals surface area contributed by atoms with Gasteiger partial charge >= 0.3 is 0 Å². The molecule has 1 amide bonds. The maximum absolute atomic E-state index is 12.6. The summed E-state index contributed by atoms with van der Waals surface area (Å²) in [5, 5.41) is 3.59. The summed E-state index contributed by atoms with van der Waals surface area (Å²) >= 11 is 5.92.